The minimum Gasteiger partial charge on any atom is -0.490 e. The lowest BCUT2D eigenvalue weighted by molar-refractivity contribution is 0.363. The lowest BCUT2D eigenvalue weighted by Gasteiger charge is -2.13. The molecule has 0 atom stereocenters. The van der Waals surface area contributed by atoms with Crippen LogP contribution in [0, 0.1) is 0 Å². The first-order chi connectivity index (χ1) is 13.7. The Kier molecular flexibility index (Phi) is 9.47. The van der Waals surface area contributed by atoms with Crippen molar-refractivity contribution >= 4 is 50.2 Å². The Morgan fingerprint density at radius 2 is 1.48 bits per heavy atom. The van der Waals surface area contributed by atoms with Gasteiger partial charge >= 0.3 is 0 Å². The fourth-order valence-electron chi connectivity index (χ4n) is 2.46. The SMILES string of the molecule is Br.C=CCOc1ccc(NC(=NCc2ccccc2)Nc2ccc(Br)cc2)cc1. The van der Waals surface area contributed by atoms with Gasteiger partial charge in [-0.25, -0.2) is 4.99 Å². The summed E-state index contributed by atoms with van der Waals surface area (Å²) in [6.07, 6.45) is 1.72. The van der Waals surface area contributed by atoms with Gasteiger partial charge in [0.15, 0.2) is 0 Å². The standard InChI is InChI=1S/C23H22BrN3O.BrH/c1-2-16-28-22-14-12-21(13-15-22)27-23(25-17-18-6-4-3-5-7-18)26-20-10-8-19(24)9-11-20;/h2-15H,1,16-17H2,(H2,25,26,27);1H. The smallest absolute Gasteiger partial charge is 0.200 e. The predicted molar refractivity (Wildman–Crippen MR) is 131 cm³/mol. The van der Waals surface area contributed by atoms with Crippen LogP contribution in [0.5, 0.6) is 5.75 Å². The van der Waals surface area contributed by atoms with Crippen molar-refractivity contribution in [3.8, 4) is 5.75 Å². The molecule has 0 aliphatic heterocycles. The van der Waals surface area contributed by atoms with E-state index in [4.69, 9.17) is 9.73 Å². The van der Waals surface area contributed by atoms with E-state index in [0.717, 1.165) is 27.2 Å². The Morgan fingerprint density at radius 3 is 2.07 bits per heavy atom. The third kappa shape index (κ3) is 7.75. The quantitative estimate of drug-likeness (QED) is 0.209. The van der Waals surface area contributed by atoms with Crippen molar-refractivity contribution in [3.63, 3.8) is 0 Å². The molecule has 2 N–H and O–H groups in total. The third-order valence-electron chi connectivity index (χ3n) is 3.85. The van der Waals surface area contributed by atoms with Gasteiger partial charge in [-0.2, -0.15) is 0 Å². The van der Waals surface area contributed by atoms with E-state index < -0.39 is 0 Å². The molecular weight excluding hydrogens is 494 g/mol. The maximum atomic E-state index is 5.53. The fourth-order valence-corrected chi connectivity index (χ4v) is 2.72. The van der Waals surface area contributed by atoms with Crippen LogP contribution >= 0.6 is 32.9 Å². The van der Waals surface area contributed by atoms with E-state index in [9.17, 15) is 0 Å². The monoisotopic (exact) mass is 515 g/mol. The summed E-state index contributed by atoms with van der Waals surface area (Å²) in [6, 6.07) is 25.9. The van der Waals surface area contributed by atoms with Crippen molar-refractivity contribution in [2.45, 2.75) is 6.54 Å². The molecule has 0 saturated heterocycles. The second-order valence-electron chi connectivity index (χ2n) is 6.03. The second-order valence-corrected chi connectivity index (χ2v) is 6.95. The summed E-state index contributed by atoms with van der Waals surface area (Å²) in [4.78, 5) is 4.72. The maximum Gasteiger partial charge on any atom is 0.200 e. The van der Waals surface area contributed by atoms with Gasteiger partial charge in [0.05, 0.1) is 6.54 Å². The van der Waals surface area contributed by atoms with Gasteiger partial charge in [0.2, 0.25) is 5.96 Å². The van der Waals surface area contributed by atoms with E-state index in [2.05, 4.69) is 45.3 Å². The van der Waals surface area contributed by atoms with Crippen LogP contribution in [0.4, 0.5) is 11.4 Å². The van der Waals surface area contributed by atoms with Crippen LogP contribution in [0.2, 0.25) is 0 Å². The molecule has 0 radical (unpaired) electrons. The lowest BCUT2D eigenvalue weighted by Crippen LogP contribution is -2.22. The minimum atomic E-state index is 0. The van der Waals surface area contributed by atoms with Gasteiger partial charge in [-0.05, 0) is 54.1 Å². The molecule has 29 heavy (non-hydrogen) atoms. The van der Waals surface area contributed by atoms with Crippen LogP contribution < -0.4 is 15.4 Å². The summed E-state index contributed by atoms with van der Waals surface area (Å²) in [7, 11) is 0. The molecule has 0 amide bonds. The molecule has 0 unspecified atom stereocenters. The van der Waals surface area contributed by atoms with Gasteiger partial charge in [0.1, 0.15) is 12.4 Å². The molecular formula is C23H23Br2N3O. The summed E-state index contributed by atoms with van der Waals surface area (Å²) >= 11 is 3.46. The molecule has 0 bridgehead atoms. The molecule has 4 nitrogen and oxygen atoms in total. The highest BCUT2D eigenvalue weighted by molar-refractivity contribution is 9.10. The highest BCUT2D eigenvalue weighted by Gasteiger charge is 2.03. The van der Waals surface area contributed by atoms with Crippen LogP contribution in [-0.4, -0.2) is 12.6 Å². The molecule has 0 aliphatic rings. The number of benzene rings is 3. The van der Waals surface area contributed by atoms with Gasteiger partial charge in [-0.1, -0.05) is 58.9 Å². The third-order valence-corrected chi connectivity index (χ3v) is 4.38. The average Bonchev–Trinajstić information content (AvgIpc) is 2.74. The first kappa shape index (κ1) is 22.7. The largest absolute Gasteiger partial charge is 0.490 e. The van der Waals surface area contributed by atoms with E-state index in [0.29, 0.717) is 19.1 Å². The predicted octanol–water partition coefficient (Wildman–Crippen LogP) is 6.67. The summed E-state index contributed by atoms with van der Waals surface area (Å²) in [5.74, 6) is 1.47. The molecule has 0 saturated carbocycles. The number of halogens is 2. The number of guanidine groups is 1. The summed E-state index contributed by atoms with van der Waals surface area (Å²) in [6.45, 7) is 4.72. The molecule has 3 aromatic carbocycles. The summed E-state index contributed by atoms with van der Waals surface area (Å²) in [5.41, 5.74) is 3.02. The Hall–Kier alpha value is -2.57. The zero-order chi connectivity index (χ0) is 19.6. The van der Waals surface area contributed by atoms with Crippen LogP contribution in [0.3, 0.4) is 0 Å². The second kappa shape index (κ2) is 12.1. The number of hydrogen-bond acceptors (Lipinski definition) is 2. The molecule has 0 heterocycles. The van der Waals surface area contributed by atoms with Crippen molar-refractivity contribution in [1.82, 2.24) is 0 Å². The molecule has 3 rings (SSSR count). The zero-order valence-electron chi connectivity index (χ0n) is 15.8. The van der Waals surface area contributed by atoms with Gasteiger partial charge in [-0.15, -0.1) is 17.0 Å². The highest BCUT2D eigenvalue weighted by atomic mass is 79.9. The first-order valence-corrected chi connectivity index (χ1v) is 9.74. The van der Waals surface area contributed by atoms with Crippen molar-refractivity contribution < 1.29 is 4.74 Å². The van der Waals surface area contributed by atoms with Crippen LogP contribution in [0.15, 0.2) is 101 Å². The molecule has 0 fully saturated rings. The van der Waals surface area contributed by atoms with E-state index >= 15 is 0 Å². The first-order valence-electron chi connectivity index (χ1n) is 8.95. The molecule has 0 aromatic heterocycles. The molecule has 0 spiro atoms. The molecule has 150 valence electrons. The van der Waals surface area contributed by atoms with E-state index in [1.165, 1.54) is 0 Å². The van der Waals surface area contributed by atoms with Gasteiger partial charge in [0.25, 0.3) is 0 Å². The maximum absolute atomic E-state index is 5.53. The number of rotatable bonds is 7. The number of nitrogens with zero attached hydrogens (tertiary/aromatic N) is 1. The van der Waals surface area contributed by atoms with E-state index in [1.807, 2.05) is 66.7 Å². The highest BCUT2D eigenvalue weighted by Crippen LogP contribution is 2.18. The normalized spacial score (nSPS) is 10.6. The van der Waals surface area contributed by atoms with Crippen molar-refractivity contribution in [2.24, 2.45) is 4.99 Å². The van der Waals surface area contributed by atoms with Crippen molar-refractivity contribution in [1.29, 1.82) is 0 Å². The Labute approximate surface area is 190 Å². The van der Waals surface area contributed by atoms with Crippen LogP contribution in [-0.2, 0) is 6.54 Å². The number of anilines is 2. The van der Waals surface area contributed by atoms with Crippen LogP contribution in [0.1, 0.15) is 5.56 Å². The topological polar surface area (TPSA) is 45.6 Å². The zero-order valence-corrected chi connectivity index (χ0v) is 19.1. The molecule has 0 aliphatic carbocycles. The summed E-state index contributed by atoms with van der Waals surface area (Å²) in [5, 5.41) is 6.69. The van der Waals surface area contributed by atoms with Crippen LogP contribution in [0.25, 0.3) is 0 Å². The fraction of sp³-hybridized carbons (Fsp3) is 0.0870. The van der Waals surface area contributed by atoms with Crippen molar-refractivity contribution in [2.75, 3.05) is 17.2 Å². The van der Waals surface area contributed by atoms with E-state index in [-0.39, 0.29) is 17.0 Å². The molecule has 6 heteroatoms. The molecule has 3 aromatic rings. The number of nitrogens with one attached hydrogen (secondary N) is 2. The van der Waals surface area contributed by atoms with Gasteiger partial charge < -0.3 is 15.4 Å². The lowest BCUT2D eigenvalue weighted by atomic mass is 10.2. The summed E-state index contributed by atoms with van der Waals surface area (Å²) < 4.78 is 6.56. The number of ether oxygens (including phenoxy) is 1. The Balaban J connectivity index is 0.00000300. The van der Waals surface area contributed by atoms with E-state index in [1.54, 1.807) is 6.08 Å². The number of hydrogen-bond donors (Lipinski definition) is 2. The van der Waals surface area contributed by atoms with Crippen molar-refractivity contribution in [3.05, 3.63) is 102 Å². The Bertz CT molecular complexity index is 911. The number of aliphatic imine (C=N–C) groups is 1. The minimum absolute atomic E-state index is 0. The van der Waals surface area contributed by atoms with Gasteiger partial charge in [0, 0.05) is 15.8 Å². The van der Waals surface area contributed by atoms with Gasteiger partial charge in [-0.3, -0.25) is 0 Å². The Morgan fingerprint density at radius 1 is 0.897 bits per heavy atom. The average molecular weight is 517 g/mol.